The Morgan fingerprint density at radius 1 is 1.19 bits per heavy atom. The summed E-state index contributed by atoms with van der Waals surface area (Å²) < 4.78 is 37.8. The van der Waals surface area contributed by atoms with Gasteiger partial charge in [0.15, 0.2) is 0 Å². The SMILES string of the molecule is Cc1nc(/C=C/C(=O)N2CCN(Cc3ccc(C(F)(F)F)cc3)CC2)cs1. The van der Waals surface area contributed by atoms with Crippen molar-refractivity contribution in [3.8, 4) is 0 Å². The van der Waals surface area contributed by atoms with Crippen molar-refractivity contribution in [3.63, 3.8) is 0 Å². The second-order valence-electron chi connectivity index (χ2n) is 6.42. The van der Waals surface area contributed by atoms with Gasteiger partial charge in [0.1, 0.15) is 0 Å². The molecule has 1 aromatic carbocycles. The maximum atomic E-state index is 12.6. The molecule has 27 heavy (non-hydrogen) atoms. The van der Waals surface area contributed by atoms with Gasteiger partial charge in [0.2, 0.25) is 5.91 Å². The molecule has 8 heteroatoms. The van der Waals surface area contributed by atoms with E-state index in [1.165, 1.54) is 23.5 Å². The van der Waals surface area contributed by atoms with Crippen LogP contribution in [0.2, 0.25) is 0 Å². The molecule has 0 spiro atoms. The van der Waals surface area contributed by atoms with E-state index in [9.17, 15) is 18.0 Å². The van der Waals surface area contributed by atoms with Crippen LogP contribution in [0.25, 0.3) is 6.08 Å². The Balaban J connectivity index is 1.48. The fourth-order valence-corrected chi connectivity index (χ4v) is 3.48. The summed E-state index contributed by atoms with van der Waals surface area (Å²) in [6.07, 6.45) is -1.05. The number of amides is 1. The molecule has 1 saturated heterocycles. The maximum absolute atomic E-state index is 12.6. The lowest BCUT2D eigenvalue weighted by atomic mass is 10.1. The Hall–Kier alpha value is -2.19. The van der Waals surface area contributed by atoms with E-state index in [1.54, 1.807) is 17.1 Å². The van der Waals surface area contributed by atoms with E-state index >= 15 is 0 Å². The minimum absolute atomic E-state index is 0.0465. The Morgan fingerprint density at radius 3 is 2.41 bits per heavy atom. The topological polar surface area (TPSA) is 36.4 Å². The summed E-state index contributed by atoms with van der Waals surface area (Å²) in [4.78, 5) is 20.5. The van der Waals surface area contributed by atoms with Crippen molar-refractivity contribution in [1.82, 2.24) is 14.8 Å². The normalized spacial score (nSPS) is 16.2. The lowest BCUT2D eigenvalue weighted by Crippen LogP contribution is -2.47. The highest BCUT2D eigenvalue weighted by Gasteiger charge is 2.30. The van der Waals surface area contributed by atoms with Crippen molar-refractivity contribution in [2.45, 2.75) is 19.6 Å². The number of carbonyl (C=O) groups excluding carboxylic acids is 1. The Kier molecular flexibility index (Phi) is 5.96. The van der Waals surface area contributed by atoms with Crippen LogP contribution in [0.3, 0.4) is 0 Å². The van der Waals surface area contributed by atoms with Crippen LogP contribution in [0.4, 0.5) is 13.2 Å². The van der Waals surface area contributed by atoms with Crippen LogP contribution in [-0.2, 0) is 17.5 Å². The molecule has 1 aromatic heterocycles. The number of hydrogen-bond acceptors (Lipinski definition) is 4. The molecule has 1 amide bonds. The molecule has 2 aromatic rings. The molecule has 0 N–H and O–H groups in total. The van der Waals surface area contributed by atoms with Crippen LogP contribution in [0.15, 0.2) is 35.7 Å². The predicted octanol–water partition coefficient (Wildman–Crippen LogP) is 3.83. The standard InChI is InChI=1S/C19H20F3N3OS/c1-14-23-17(13-27-14)6-7-18(26)25-10-8-24(9-11-25)12-15-2-4-16(5-3-15)19(20,21)22/h2-7,13H,8-12H2,1H3/b7-6+. The van der Waals surface area contributed by atoms with Gasteiger partial charge in [0, 0.05) is 44.2 Å². The minimum atomic E-state index is -4.31. The number of rotatable bonds is 4. The number of aryl methyl sites for hydroxylation is 1. The molecular formula is C19H20F3N3OS. The first-order valence-electron chi connectivity index (χ1n) is 8.59. The molecule has 144 valence electrons. The molecule has 3 rings (SSSR count). The molecule has 4 nitrogen and oxygen atoms in total. The van der Waals surface area contributed by atoms with Gasteiger partial charge in [-0.15, -0.1) is 11.3 Å². The van der Waals surface area contributed by atoms with Gasteiger partial charge < -0.3 is 4.90 Å². The van der Waals surface area contributed by atoms with Crippen LogP contribution >= 0.6 is 11.3 Å². The average molecular weight is 395 g/mol. The number of carbonyl (C=O) groups is 1. The van der Waals surface area contributed by atoms with Crippen LogP contribution in [0.1, 0.15) is 21.8 Å². The highest BCUT2D eigenvalue weighted by Crippen LogP contribution is 2.29. The van der Waals surface area contributed by atoms with Gasteiger partial charge in [-0.3, -0.25) is 9.69 Å². The molecule has 0 atom stereocenters. The van der Waals surface area contributed by atoms with E-state index in [0.717, 1.165) is 28.4 Å². The van der Waals surface area contributed by atoms with Gasteiger partial charge in [-0.2, -0.15) is 13.2 Å². The zero-order valence-electron chi connectivity index (χ0n) is 14.9. The van der Waals surface area contributed by atoms with Crippen molar-refractivity contribution in [2.24, 2.45) is 0 Å². The molecule has 1 aliphatic rings. The molecule has 1 fully saturated rings. The number of nitrogens with zero attached hydrogens (tertiary/aromatic N) is 3. The van der Waals surface area contributed by atoms with E-state index in [-0.39, 0.29) is 5.91 Å². The van der Waals surface area contributed by atoms with Gasteiger partial charge in [-0.1, -0.05) is 12.1 Å². The van der Waals surface area contributed by atoms with Crippen molar-refractivity contribution in [2.75, 3.05) is 26.2 Å². The first-order chi connectivity index (χ1) is 12.8. The lowest BCUT2D eigenvalue weighted by Gasteiger charge is -2.34. The van der Waals surface area contributed by atoms with Crippen LogP contribution in [0, 0.1) is 6.92 Å². The first kappa shape index (κ1) is 19.6. The zero-order chi connectivity index (χ0) is 19.4. The van der Waals surface area contributed by atoms with Crippen molar-refractivity contribution >= 4 is 23.3 Å². The van der Waals surface area contributed by atoms with Crippen LogP contribution in [0.5, 0.6) is 0 Å². The van der Waals surface area contributed by atoms with E-state index in [2.05, 4.69) is 9.88 Å². The second-order valence-corrected chi connectivity index (χ2v) is 7.48. The molecule has 0 aliphatic carbocycles. The van der Waals surface area contributed by atoms with Gasteiger partial charge in [0.25, 0.3) is 0 Å². The molecule has 2 heterocycles. The smallest absolute Gasteiger partial charge is 0.337 e. The highest BCUT2D eigenvalue weighted by atomic mass is 32.1. The van der Waals surface area contributed by atoms with Gasteiger partial charge in [-0.25, -0.2) is 4.98 Å². The first-order valence-corrected chi connectivity index (χ1v) is 9.47. The Labute approximate surface area is 159 Å². The fourth-order valence-electron chi connectivity index (χ4n) is 2.90. The lowest BCUT2D eigenvalue weighted by molar-refractivity contribution is -0.137. The van der Waals surface area contributed by atoms with Gasteiger partial charge >= 0.3 is 6.18 Å². The highest BCUT2D eigenvalue weighted by molar-refractivity contribution is 7.09. The van der Waals surface area contributed by atoms with E-state index < -0.39 is 11.7 Å². The molecule has 0 saturated carbocycles. The van der Waals surface area contributed by atoms with Crippen molar-refractivity contribution in [3.05, 3.63) is 57.6 Å². The monoisotopic (exact) mass is 395 g/mol. The number of thiazole rings is 1. The third-order valence-electron chi connectivity index (χ3n) is 4.40. The summed E-state index contributed by atoms with van der Waals surface area (Å²) in [5, 5.41) is 2.86. The number of hydrogen-bond donors (Lipinski definition) is 0. The number of piperazine rings is 1. The predicted molar refractivity (Wildman–Crippen MR) is 99.2 cm³/mol. The Morgan fingerprint density at radius 2 is 1.85 bits per heavy atom. The van der Waals surface area contributed by atoms with Gasteiger partial charge in [0.05, 0.1) is 16.3 Å². The largest absolute Gasteiger partial charge is 0.416 e. The summed E-state index contributed by atoms with van der Waals surface area (Å²) in [5.41, 5.74) is 0.983. The molecule has 0 radical (unpaired) electrons. The van der Waals surface area contributed by atoms with E-state index in [1.807, 2.05) is 12.3 Å². The average Bonchev–Trinajstić information content (AvgIpc) is 3.05. The summed E-state index contributed by atoms with van der Waals surface area (Å²) >= 11 is 1.54. The van der Waals surface area contributed by atoms with Gasteiger partial charge in [-0.05, 0) is 30.7 Å². The second kappa shape index (κ2) is 8.22. The van der Waals surface area contributed by atoms with Crippen molar-refractivity contribution < 1.29 is 18.0 Å². The summed E-state index contributed by atoms with van der Waals surface area (Å²) in [5.74, 6) is -0.0465. The third kappa shape index (κ3) is 5.40. The molecule has 0 unspecified atom stereocenters. The van der Waals surface area contributed by atoms with Crippen molar-refractivity contribution in [1.29, 1.82) is 0 Å². The minimum Gasteiger partial charge on any atom is -0.337 e. The molecular weight excluding hydrogens is 375 g/mol. The van der Waals surface area contributed by atoms with Crippen LogP contribution in [-0.4, -0.2) is 46.9 Å². The molecule has 0 bridgehead atoms. The maximum Gasteiger partial charge on any atom is 0.416 e. The number of halogens is 3. The fraction of sp³-hybridized carbons (Fsp3) is 0.368. The zero-order valence-corrected chi connectivity index (χ0v) is 15.7. The summed E-state index contributed by atoms with van der Waals surface area (Å²) in [6.45, 7) is 5.07. The van der Waals surface area contributed by atoms with E-state index in [0.29, 0.717) is 32.7 Å². The van der Waals surface area contributed by atoms with E-state index in [4.69, 9.17) is 0 Å². The number of benzene rings is 1. The third-order valence-corrected chi connectivity index (χ3v) is 5.20. The molecule has 1 aliphatic heterocycles. The summed E-state index contributed by atoms with van der Waals surface area (Å²) in [7, 11) is 0. The quantitative estimate of drug-likeness (QED) is 0.739. The number of alkyl halides is 3. The Bertz CT molecular complexity index is 806. The number of aromatic nitrogens is 1. The summed E-state index contributed by atoms with van der Waals surface area (Å²) in [6, 6.07) is 5.25. The van der Waals surface area contributed by atoms with Crippen LogP contribution < -0.4 is 0 Å².